The third-order valence-corrected chi connectivity index (χ3v) is 4.48. The molecule has 4 heteroatoms. The molecule has 0 aliphatic heterocycles. The first-order chi connectivity index (χ1) is 8.66. The van der Waals surface area contributed by atoms with Gasteiger partial charge in [0.2, 0.25) is 0 Å². The molecule has 18 heavy (non-hydrogen) atoms. The highest BCUT2D eigenvalue weighted by Crippen LogP contribution is 2.27. The van der Waals surface area contributed by atoms with Crippen molar-refractivity contribution in [3.63, 3.8) is 0 Å². The number of aryl methyl sites for hydroxylation is 1. The van der Waals surface area contributed by atoms with Crippen molar-refractivity contribution in [2.24, 2.45) is 0 Å². The van der Waals surface area contributed by atoms with Gasteiger partial charge in [-0.25, -0.2) is 0 Å². The molecule has 2 aromatic rings. The molecule has 0 aliphatic carbocycles. The Bertz CT molecular complexity index is 497. The topological polar surface area (TPSA) is 20.2 Å². The Morgan fingerprint density at radius 1 is 1.17 bits per heavy atom. The number of thiophene rings is 1. The highest BCUT2D eigenvalue weighted by atomic mass is 35.5. The number of hydrogen-bond acceptors (Lipinski definition) is 2. The number of aliphatic hydroxyl groups is 1. The molecule has 2 rings (SSSR count). The molecule has 0 spiro atoms. The lowest BCUT2D eigenvalue weighted by molar-refractivity contribution is 0.165. The van der Waals surface area contributed by atoms with Crippen molar-refractivity contribution < 1.29 is 5.11 Å². The van der Waals surface area contributed by atoms with Crippen LogP contribution in [0.25, 0.3) is 0 Å². The molecule has 0 radical (unpaired) electrons. The van der Waals surface area contributed by atoms with Crippen LogP contribution in [0.3, 0.4) is 0 Å². The van der Waals surface area contributed by atoms with E-state index in [1.54, 1.807) is 23.5 Å². The van der Waals surface area contributed by atoms with Crippen molar-refractivity contribution in [3.05, 3.63) is 56.2 Å². The van der Waals surface area contributed by atoms with Crippen LogP contribution >= 0.6 is 34.5 Å². The summed E-state index contributed by atoms with van der Waals surface area (Å²) in [6, 6.07) is 9.46. The summed E-state index contributed by atoms with van der Waals surface area (Å²) in [4.78, 5) is 1.36. The zero-order valence-electron chi connectivity index (χ0n) is 9.77. The quantitative estimate of drug-likeness (QED) is 0.813. The van der Waals surface area contributed by atoms with Gasteiger partial charge < -0.3 is 5.11 Å². The summed E-state index contributed by atoms with van der Waals surface area (Å²) in [6.45, 7) is 0. The van der Waals surface area contributed by atoms with Crippen molar-refractivity contribution >= 4 is 34.5 Å². The largest absolute Gasteiger partial charge is 0.388 e. The van der Waals surface area contributed by atoms with Gasteiger partial charge in [-0.15, -0.1) is 11.3 Å². The van der Waals surface area contributed by atoms with Crippen LogP contribution in [0.15, 0.2) is 35.7 Å². The van der Waals surface area contributed by atoms with E-state index in [2.05, 4.69) is 17.5 Å². The first-order valence-electron chi connectivity index (χ1n) is 5.82. The molecular formula is C14H14Cl2OS. The lowest BCUT2D eigenvalue weighted by atomic mass is 10.0. The molecular weight excluding hydrogens is 287 g/mol. The van der Waals surface area contributed by atoms with E-state index in [1.165, 1.54) is 4.88 Å². The van der Waals surface area contributed by atoms with Crippen LogP contribution in [0.2, 0.25) is 10.0 Å². The summed E-state index contributed by atoms with van der Waals surface area (Å²) in [5.74, 6) is 0. The zero-order valence-corrected chi connectivity index (χ0v) is 12.1. The van der Waals surface area contributed by atoms with Crippen LogP contribution < -0.4 is 0 Å². The minimum Gasteiger partial charge on any atom is -0.388 e. The third-order valence-electron chi connectivity index (χ3n) is 2.81. The first kappa shape index (κ1) is 13.9. The number of aliphatic hydroxyl groups excluding tert-OH is 1. The van der Waals surface area contributed by atoms with E-state index in [0.29, 0.717) is 10.0 Å². The van der Waals surface area contributed by atoms with Crippen LogP contribution in [0.5, 0.6) is 0 Å². The molecule has 1 aromatic carbocycles. The van der Waals surface area contributed by atoms with Crippen LogP contribution in [0.1, 0.15) is 29.4 Å². The normalized spacial score (nSPS) is 12.6. The van der Waals surface area contributed by atoms with E-state index in [0.717, 1.165) is 24.8 Å². The molecule has 1 nitrogen and oxygen atoms in total. The maximum Gasteiger partial charge on any atom is 0.0790 e. The number of benzene rings is 1. The molecule has 96 valence electrons. The average Bonchev–Trinajstić information content (AvgIpc) is 2.85. The van der Waals surface area contributed by atoms with Crippen LogP contribution in [0.4, 0.5) is 0 Å². The van der Waals surface area contributed by atoms with E-state index >= 15 is 0 Å². The van der Waals surface area contributed by atoms with Gasteiger partial charge >= 0.3 is 0 Å². The minimum atomic E-state index is -0.472. The fraction of sp³-hybridized carbons (Fsp3) is 0.286. The summed E-state index contributed by atoms with van der Waals surface area (Å²) >= 11 is 13.5. The standard InChI is InChI=1S/C14H14Cl2OS/c15-12-7-6-10(9-13(12)16)14(17)5-1-3-11-4-2-8-18-11/h2,4,6-9,14,17H,1,3,5H2. The lowest BCUT2D eigenvalue weighted by Crippen LogP contribution is -1.98. The Morgan fingerprint density at radius 3 is 2.67 bits per heavy atom. The molecule has 1 heterocycles. The molecule has 0 saturated heterocycles. The fourth-order valence-electron chi connectivity index (χ4n) is 1.81. The van der Waals surface area contributed by atoms with Gasteiger partial charge in [0.25, 0.3) is 0 Å². The Hall–Kier alpha value is -0.540. The molecule has 0 aliphatic rings. The van der Waals surface area contributed by atoms with Gasteiger partial charge in [0.15, 0.2) is 0 Å². The maximum atomic E-state index is 10.1. The van der Waals surface area contributed by atoms with Gasteiger partial charge in [0.05, 0.1) is 16.1 Å². The summed E-state index contributed by atoms with van der Waals surface area (Å²) in [7, 11) is 0. The molecule has 1 atom stereocenters. The van der Waals surface area contributed by atoms with Crippen molar-refractivity contribution in [1.82, 2.24) is 0 Å². The van der Waals surface area contributed by atoms with Gasteiger partial charge in [-0.05, 0) is 48.4 Å². The molecule has 0 fully saturated rings. The van der Waals surface area contributed by atoms with Gasteiger partial charge in [-0.3, -0.25) is 0 Å². The predicted octanol–water partition coefficient (Wildman–Crippen LogP) is 5.11. The minimum absolute atomic E-state index is 0.472. The Balaban J connectivity index is 1.87. The van der Waals surface area contributed by atoms with Crippen molar-refractivity contribution in [3.8, 4) is 0 Å². The molecule has 0 bridgehead atoms. The van der Waals surface area contributed by atoms with Crippen LogP contribution in [-0.2, 0) is 6.42 Å². The van der Waals surface area contributed by atoms with E-state index in [1.807, 2.05) is 6.07 Å². The predicted molar refractivity (Wildman–Crippen MR) is 78.7 cm³/mol. The molecule has 0 saturated carbocycles. The van der Waals surface area contributed by atoms with Gasteiger partial charge in [0.1, 0.15) is 0 Å². The average molecular weight is 301 g/mol. The van der Waals surface area contributed by atoms with Gasteiger partial charge in [0, 0.05) is 4.88 Å². The summed E-state index contributed by atoms with van der Waals surface area (Å²) in [5.41, 5.74) is 0.829. The Morgan fingerprint density at radius 2 is 2.00 bits per heavy atom. The molecule has 0 amide bonds. The Labute approximate surface area is 121 Å². The third kappa shape index (κ3) is 3.72. The van der Waals surface area contributed by atoms with Crippen LogP contribution in [0, 0.1) is 0 Å². The SMILES string of the molecule is OC(CCCc1cccs1)c1ccc(Cl)c(Cl)c1. The summed E-state index contributed by atoms with van der Waals surface area (Å²) in [5, 5.41) is 13.2. The number of halogens is 2. The van der Waals surface area contributed by atoms with E-state index in [4.69, 9.17) is 23.2 Å². The highest BCUT2D eigenvalue weighted by Gasteiger charge is 2.09. The second kappa shape index (κ2) is 6.58. The monoisotopic (exact) mass is 300 g/mol. The van der Waals surface area contributed by atoms with Gasteiger partial charge in [-0.1, -0.05) is 35.3 Å². The van der Waals surface area contributed by atoms with Gasteiger partial charge in [-0.2, -0.15) is 0 Å². The van der Waals surface area contributed by atoms with Crippen LogP contribution in [-0.4, -0.2) is 5.11 Å². The first-order valence-corrected chi connectivity index (χ1v) is 7.46. The highest BCUT2D eigenvalue weighted by molar-refractivity contribution is 7.09. The number of hydrogen-bond donors (Lipinski definition) is 1. The molecule has 1 aromatic heterocycles. The second-order valence-corrected chi connectivity index (χ2v) is 6.01. The second-order valence-electron chi connectivity index (χ2n) is 4.16. The summed E-state index contributed by atoms with van der Waals surface area (Å²) < 4.78 is 0. The maximum absolute atomic E-state index is 10.1. The number of rotatable bonds is 5. The smallest absolute Gasteiger partial charge is 0.0790 e. The molecule has 1 N–H and O–H groups in total. The molecule has 1 unspecified atom stereocenters. The lowest BCUT2D eigenvalue weighted by Gasteiger charge is -2.11. The van der Waals surface area contributed by atoms with E-state index in [9.17, 15) is 5.11 Å². The van der Waals surface area contributed by atoms with Crippen molar-refractivity contribution in [2.75, 3.05) is 0 Å². The van der Waals surface area contributed by atoms with E-state index < -0.39 is 6.10 Å². The van der Waals surface area contributed by atoms with E-state index in [-0.39, 0.29) is 0 Å². The zero-order chi connectivity index (χ0) is 13.0. The Kier molecular flexibility index (Phi) is 5.07. The summed E-state index contributed by atoms with van der Waals surface area (Å²) in [6.07, 6.45) is 2.23. The van der Waals surface area contributed by atoms with Crippen molar-refractivity contribution in [1.29, 1.82) is 0 Å². The fourth-order valence-corrected chi connectivity index (χ4v) is 2.87. The van der Waals surface area contributed by atoms with Crippen molar-refractivity contribution in [2.45, 2.75) is 25.4 Å².